The summed E-state index contributed by atoms with van der Waals surface area (Å²) in [5.41, 5.74) is 1.70. The molecule has 0 atom stereocenters. The van der Waals surface area contributed by atoms with Gasteiger partial charge in [-0.3, -0.25) is 4.98 Å². The summed E-state index contributed by atoms with van der Waals surface area (Å²) in [6, 6.07) is 5.23. The van der Waals surface area contributed by atoms with Gasteiger partial charge in [-0.2, -0.15) is 0 Å². The molecule has 0 aliphatic heterocycles. The summed E-state index contributed by atoms with van der Waals surface area (Å²) in [5.74, 6) is 0.974. The number of aromatic nitrogens is 1. The zero-order valence-electron chi connectivity index (χ0n) is 12.3. The molecule has 0 aliphatic rings. The molecule has 2 N–H and O–H groups in total. The van der Waals surface area contributed by atoms with Crippen LogP contribution in [-0.2, 0) is 23.1 Å². The van der Waals surface area contributed by atoms with E-state index in [4.69, 9.17) is 4.42 Å². The van der Waals surface area contributed by atoms with Crippen molar-refractivity contribution in [2.24, 2.45) is 0 Å². The lowest BCUT2D eigenvalue weighted by Crippen LogP contribution is -2.23. The molecule has 0 fully saturated rings. The Morgan fingerprint density at radius 3 is 2.62 bits per heavy atom. The molecule has 0 radical (unpaired) electrons. The van der Waals surface area contributed by atoms with Gasteiger partial charge in [-0.15, -0.1) is 0 Å². The predicted molar refractivity (Wildman–Crippen MR) is 79.2 cm³/mol. The smallest absolute Gasteiger partial charge is 0.244 e. The van der Waals surface area contributed by atoms with Crippen LogP contribution >= 0.6 is 0 Å². The molecule has 2 rings (SSSR count). The van der Waals surface area contributed by atoms with E-state index >= 15 is 0 Å². The minimum absolute atomic E-state index is 0.174. The second-order valence-electron chi connectivity index (χ2n) is 4.80. The van der Waals surface area contributed by atoms with Gasteiger partial charge in [-0.25, -0.2) is 13.1 Å². The number of rotatable bonds is 6. The summed E-state index contributed by atoms with van der Waals surface area (Å²) in [7, 11) is -1.82. The van der Waals surface area contributed by atoms with E-state index in [2.05, 4.69) is 15.0 Å². The number of hydrogen-bond donors (Lipinski definition) is 2. The van der Waals surface area contributed by atoms with Gasteiger partial charge in [0.2, 0.25) is 10.0 Å². The second kappa shape index (κ2) is 6.38. The average molecular weight is 309 g/mol. The molecule has 0 saturated carbocycles. The Hall–Kier alpha value is -1.70. The standard InChI is InChI=1S/C14H19N3O3S/c1-10-4-5-12(7-16-10)8-17-21(18,19)14-6-13(9-15-3)20-11(14)2/h4-7,15,17H,8-9H2,1-3H3. The monoisotopic (exact) mass is 309 g/mol. The van der Waals surface area contributed by atoms with Crippen LogP contribution in [0, 0.1) is 13.8 Å². The van der Waals surface area contributed by atoms with E-state index in [1.807, 2.05) is 19.1 Å². The number of aryl methyl sites for hydroxylation is 2. The van der Waals surface area contributed by atoms with E-state index in [9.17, 15) is 8.42 Å². The van der Waals surface area contributed by atoms with Crippen LogP contribution in [0.2, 0.25) is 0 Å². The number of nitrogens with zero attached hydrogens (tertiary/aromatic N) is 1. The van der Waals surface area contributed by atoms with Crippen LogP contribution in [0.15, 0.2) is 33.7 Å². The first-order valence-corrected chi connectivity index (χ1v) is 8.06. The van der Waals surface area contributed by atoms with Crippen LogP contribution in [0.5, 0.6) is 0 Å². The molecule has 0 bridgehead atoms. The minimum atomic E-state index is -3.60. The van der Waals surface area contributed by atoms with Crippen LogP contribution in [0.25, 0.3) is 0 Å². The molecular formula is C14H19N3O3S. The third kappa shape index (κ3) is 3.90. The summed E-state index contributed by atoms with van der Waals surface area (Å²) in [6.45, 7) is 4.20. The summed E-state index contributed by atoms with van der Waals surface area (Å²) in [6.07, 6.45) is 1.66. The Bertz CT molecular complexity index is 706. The third-order valence-electron chi connectivity index (χ3n) is 3.00. The van der Waals surface area contributed by atoms with Gasteiger partial charge < -0.3 is 9.73 Å². The van der Waals surface area contributed by atoms with E-state index in [1.165, 1.54) is 0 Å². The van der Waals surface area contributed by atoms with Gasteiger partial charge in [0.1, 0.15) is 16.4 Å². The maximum absolute atomic E-state index is 12.3. The molecule has 0 aliphatic carbocycles. The first kappa shape index (κ1) is 15.7. The third-order valence-corrected chi connectivity index (χ3v) is 4.51. The van der Waals surface area contributed by atoms with Gasteiger partial charge in [0, 0.05) is 24.5 Å². The average Bonchev–Trinajstić information content (AvgIpc) is 2.80. The lowest BCUT2D eigenvalue weighted by molar-refractivity contribution is 0.465. The van der Waals surface area contributed by atoms with Crippen molar-refractivity contribution in [2.75, 3.05) is 7.05 Å². The van der Waals surface area contributed by atoms with Crippen molar-refractivity contribution in [1.29, 1.82) is 0 Å². The Kier molecular flexibility index (Phi) is 4.76. The summed E-state index contributed by atoms with van der Waals surface area (Å²) in [4.78, 5) is 4.31. The first-order valence-electron chi connectivity index (χ1n) is 6.57. The van der Waals surface area contributed by atoms with Crippen molar-refractivity contribution in [3.05, 3.63) is 47.2 Å². The minimum Gasteiger partial charge on any atom is -0.464 e. The summed E-state index contributed by atoms with van der Waals surface area (Å²) >= 11 is 0. The lowest BCUT2D eigenvalue weighted by Gasteiger charge is -2.05. The van der Waals surface area contributed by atoms with Crippen LogP contribution in [0.1, 0.15) is 22.8 Å². The lowest BCUT2D eigenvalue weighted by atomic mass is 10.2. The molecule has 21 heavy (non-hydrogen) atoms. The number of pyridine rings is 1. The molecular weight excluding hydrogens is 290 g/mol. The van der Waals surface area contributed by atoms with Gasteiger partial charge in [0.25, 0.3) is 0 Å². The maximum atomic E-state index is 12.3. The van der Waals surface area contributed by atoms with Gasteiger partial charge in [0.15, 0.2) is 0 Å². The number of hydrogen-bond acceptors (Lipinski definition) is 5. The van der Waals surface area contributed by atoms with Crippen LogP contribution in [0.4, 0.5) is 0 Å². The van der Waals surface area contributed by atoms with Crippen molar-refractivity contribution in [3.63, 3.8) is 0 Å². The Morgan fingerprint density at radius 1 is 1.24 bits per heavy atom. The van der Waals surface area contributed by atoms with Gasteiger partial charge in [-0.1, -0.05) is 6.07 Å². The fraction of sp³-hybridized carbons (Fsp3) is 0.357. The molecule has 2 aromatic heterocycles. The molecule has 6 nitrogen and oxygen atoms in total. The molecule has 0 saturated heterocycles. The molecule has 7 heteroatoms. The number of nitrogens with one attached hydrogen (secondary N) is 2. The van der Waals surface area contributed by atoms with Crippen LogP contribution in [0.3, 0.4) is 0 Å². The van der Waals surface area contributed by atoms with Gasteiger partial charge in [-0.05, 0) is 32.5 Å². The van der Waals surface area contributed by atoms with Crippen molar-refractivity contribution in [3.8, 4) is 0 Å². The van der Waals surface area contributed by atoms with E-state index < -0.39 is 10.0 Å². The maximum Gasteiger partial charge on any atom is 0.244 e. The zero-order valence-corrected chi connectivity index (χ0v) is 13.1. The fourth-order valence-electron chi connectivity index (χ4n) is 1.91. The normalized spacial score (nSPS) is 11.8. The van der Waals surface area contributed by atoms with Crippen molar-refractivity contribution in [1.82, 2.24) is 15.0 Å². The van der Waals surface area contributed by atoms with Gasteiger partial charge >= 0.3 is 0 Å². The molecule has 2 aromatic rings. The molecule has 0 unspecified atom stereocenters. The highest BCUT2D eigenvalue weighted by atomic mass is 32.2. The van der Waals surface area contributed by atoms with E-state index in [-0.39, 0.29) is 11.4 Å². The molecule has 0 spiro atoms. The van der Waals surface area contributed by atoms with Crippen LogP contribution < -0.4 is 10.0 Å². The SMILES string of the molecule is CNCc1cc(S(=O)(=O)NCc2ccc(C)nc2)c(C)o1. The topological polar surface area (TPSA) is 84.2 Å². The molecule has 114 valence electrons. The van der Waals surface area contributed by atoms with E-state index in [0.29, 0.717) is 18.1 Å². The zero-order chi connectivity index (χ0) is 15.5. The number of furan rings is 1. The molecule has 0 aromatic carbocycles. The van der Waals surface area contributed by atoms with Crippen LogP contribution in [-0.4, -0.2) is 20.4 Å². The van der Waals surface area contributed by atoms with E-state index in [1.54, 1.807) is 26.2 Å². The highest BCUT2D eigenvalue weighted by Gasteiger charge is 2.21. The quantitative estimate of drug-likeness (QED) is 0.844. The summed E-state index contributed by atoms with van der Waals surface area (Å²) < 4.78 is 32.6. The highest BCUT2D eigenvalue weighted by Crippen LogP contribution is 2.20. The second-order valence-corrected chi connectivity index (χ2v) is 6.53. The van der Waals surface area contributed by atoms with E-state index in [0.717, 1.165) is 11.3 Å². The van der Waals surface area contributed by atoms with Crippen molar-refractivity contribution in [2.45, 2.75) is 31.8 Å². The van der Waals surface area contributed by atoms with Gasteiger partial charge in [0.05, 0.1) is 6.54 Å². The molecule has 2 heterocycles. The number of sulfonamides is 1. The highest BCUT2D eigenvalue weighted by molar-refractivity contribution is 7.89. The molecule has 0 amide bonds. The Labute approximate surface area is 124 Å². The Morgan fingerprint density at radius 2 is 2.00 bits per heavy atom. The van der Waals surface area contributed by atoms with Crippen molar-refractivity contribution >= 4 is 10.0 Å². The van der Waals surface area contributed by atoms with Crippen molar-refractivity contribution < 1.29 is 12.8 Å². The Balaban J connectivity index is 2.12. The first-order chi connectivity index (χ1) is 9.92. The summed E-state index contributed by atoms with van der Waals surface area (Å²) in [5, 5.41) is 2.92. The largest absolute Gasteiger partial charge is 0.464 e. The predicted octanol–water partition coefficient (Wildman–Crippen LogP) is 1.49. The fourth-order valence-corrected chi connectivity index (χ4v) is 3.13.